The second-order valence-electron chi connectivity index (χ2n) is 4.38. The van der Waals surface area contributed by atoms with E-state index in [0.29, 0.717) is 0 Å². The Bertz CT molecular complexity index is 768. The Kier molecular flexibility index (Phi) is 5.52. The van der Waals surface area contributed by atoms with Crippen molar-refractivity contribution in [3.63, 3.8) is 0 Å². The molecule has 0 saturated carbocycles. The van der Waals surface area contributed by atoms with Crippen LogP contribution in [0.3, 0.4) is 0 Å². The molecule has 1 amide bonds. The van der Waals surface area contributed by atoms with Gasteiger partial charge in [-0.3, -0.25) is 4.79 Å². The van der Waals surface area contributed by atoms with Crippen molar-refractivity contribution < 1.29 is 23.1 Å². The highest BCUT2D eigenvalue weighted by Crippen LogP contribution is 2.22. The summed E-state index contributed by atoms with van der Waals surface area (Å²) >= 11 is 11.5. The second kappa shape index (κ2) is 7.39. The van der Waals surface area contributed by atoms with Gasteiger partial charge >= 0.3 is 5.97 Å². The van der Waals surface area contributed by atoms with Crippen molar-refractivity contribution in [3.05, 3.63) is 63.6 Å². The van der Waals surface area contributed by atoms with Gasteiger partial charge in [0.05, 0.1) is 15.6 Å². The molecule has 2 aromatic rings. The number of amides is 1. The molecule has 0 fully saturated rings. The molecule has 1 N–H and O–H groups in total. The minimum Gasteiger partial charge on any atom is -0.452 e. The summed E-state index contributed by atoms with van der Waals surface area (Å²) in [5.41, 5.74) is 0.166. The van der Waals surface area contributed by atoms with Gasteiger partial charge in [0.15, 0.2) is 18.2 Å². The Labute approximate surface area is 140 Å². The second-order valence-corrected chi connectivity index (χ2v) is 5.20. The van der Waals surface area contributed by atoms with Gasteiger partial charge < -0.3 is 10.1 Å². The number of nitrogens with one attached hydrogen (secondary N) is 1. The van der Waals surface area contributed by atoms with Gasteiger partial charge in [0.2, 0.25) is 0 Å². The van der Waals surface area contributed by atoms with Crippen LogP contribution in [0.2, 0.25) is 10.0 Å². The number of hydrogen-bond acceptors (Lipinski definition) is 3. The molecular formula is C15H9Cl2F2NO3. The third-order valence-corrected chi connectivity index (χ3v) is 3.43. The molecule has 2 rings (SSSR count). The van der Waals surface area contributed by atoms with Crippen molar-refractivity contribution in [2.45, 2.75) is 0 Å². The molecule has 0 aliphatic rings. The summed E-state index contributed by atoms with van der Waals surface area (Å²) in [4.78, 5) is 23.4. The molecule has 0 atom stereocenters. The zero-order chi connectivity index (χ0) is 17.0. The lowest BCUT2D eigenvalue weighted by Gasteiger charge is -2.07. The number of hydrogen-bond donors (Lipinski definition) is 1. The van der Waals surface area contributed by atoms with Crippen molar-refractivity contribution in [2.24, 2.45) is 0 Å². The summed E-state index contributed by atoms with van der Waals surface area (Å²) in [5, 5.41) is 2.72. The zero-order valence-corrected chi connectivity index (χ0v) is 12.9. The molecule has 2 aromatic carbocycles. The molecule has 8 heteroatoms. The first-order valence-corrected chi connectivity index (χ1v) is 6.99. The molecule has 120 valence electrons. The van der Waals surface area contributed by atoms with E-state index in [9.17, 15) is 18.4 Å². The maximum atomic E-state index is 13.0. The van der Waals surface area contributed by atoms with Crippen LogP contribution in [0.15, 0.2) is 36.4 Å². The van der Waals surface area contributed by atoms with E-state index in [4.69, 9.17) is 27.9 Å². The van der Waals surface area contributed by atoms with E-state index in [2.05, 4.69) is 5.32 Å². The molecule has 0 aliphatic heterocycles. The first-order chi connectivity index (χ1) is 10.9. The van der Waals surface area contributed by atoms with Crippen LogP contribution in [0.1, 0.15) is 10.4 Å². The van der Waals surface area contributed by atoms with Crippen LogP contribution in [0.5, 0.6) is 0 Å². The van der Waals surface area contributed by atoms with Gasteiger partial charge in [-0.1, -0.05) is 23.2 Å². The van der Waals surface area contributed by atoms with Crippen molar-refractivity contribution in [1.82, 2.24) is 0 Å². The van der Waals surface area contributed by atoms with Crippen molar-refractivity contribution >= 4 is 40.8 Å². The fourth-order valence-corrected chi connectivity index (χ4v) is 1.91. The van der Waals surface area contributed by atoms with E-state index in [1.54, 1.807) is 0 Å². The molecule has 0 bridgehead atoms. The number of carbonyl (C=O) groups excluding carboxylic acids is 2. The Balaban J connectivity index is 1.91. The third-order valence-electron chi connectivity index (χ3n) is 2.69. The fraction of sp³-hybridized carbons (Fsp3) is 0.0667. The van der Waals surface area contributed by atoms with E-state index >= 15 is 0 Å². The number of anilines is 1. The Morgan fingerprint density at radius 3 is 2.39 bits per heavy atom. The fourth-order valence-electron chi connectivity index (χ4n) is 1.61. The summed E-state index contributed by atoms with van der Waals surface area (Å²) in [6, 6.07) is 6.98. The maximum absolute atomic E-state index is 13.0. The molecule has 23 heavy (non-hydrogen) atoms. The summed E-state index contributed by atoms with van der Waals surface area (Å²) < 4.78 is 30.6. The molecule has 0 unspecified atom stereocenters. The summed E-state index contributed by atoms with van der Waals surface area (Å²) in [6.45, 7) is -0.599. The number of benzene rings is 2. The Morgan fingerprint density at radius 2 is 1.74 bits per heavy atom. The first-order valence-electron chi connectivity index (χ1n) is 6.24. The third kappa shape index (κ3) is 4.64. The van der Waals surface area contributed by atoms with Crippen LogP contribution < -0.4 is 5.32 Å². The highest BCUT2D eigenvalue weighted by atomic mass is 35.5. The monoisotopic (exact) mass is 359 g/mol. The minimum atomic E-state index is -1.10. The quantitative estimate of drug-likeness (QED) is 0.837. The number of carbonyl (C=O) groups is 2. The van der Waals surface area contributed by atoms with Crippen LogP contribution in [-0.2, 0) is 9.53 Å². The van der Waals surface area contributed by atoms with E-state index in [-0.39, 0.29) is 21.3 Å². The molecule has 4 nitrogen and oxygen atoms in total. The SMILES string of the molecule is O=C(COC(=O)c1ccc(Cl)c(Cl)c1)Nc1ccc(F)c(F)c1. The van der Waals surface area contributed by atoms with Crippen LogP contribution >= 0.6 is 23.2 Å². The highest BCUT2D eigenvalue weighted by Gasteiger charge is 2.12. The van der Waals surface area contributed by atoms with Crippen LogP contribution in [-0.4, -0.2) is 18.5 Å². The Morgan fingerprint density at radius 1 is 1.00 bits per heavy atom. The largest absolute Gasteiger partial charge is 0.452 e. The highest BCUT2D eigenvalue weighted by molar-refractivity contribution is 6.42. The average molecular weight is 360 g/mol. The predicted molar refractivity (Wildman–Crippen MR) is 81.7 cm³/mol. The minimum absolute atomic E-state index is 0.0412. The summed E-state index contributed by atoms with van der Waals surface area (Å²) in [6.07, 6.45) is 0. The molecule has 0 saturated heterocycles. The van der Waals surface area contributed by atoms with Gasteiger partial charge in [0, 0.05) is 11.8 Å². The molecule has 0 spiro atoms. The van der Waals surface area contributed by atoms with Crippen LogP contribution in [0.4, 0.5) is 14.5 Å². The molecule has 0 radical (unpaired) electrons. The molecule has 0 aliphatic carbocycles. The van der Waals surface area contributed by atoms with Crippen molar-refractivity contribution in [2.75, 3.05) is 11.9 Å². The number of ether oxygens (including phenoxy) is 1. The lowest BCUT2D eigenvalue weighted by atomic mass is 10.2. The maximum Gasteiger partial charge on any atom is 0.338 e. The van der Waals surface area contributed by atoms with E-state index in [0.717, 1.165) is 12.1 Å². The molecular weight excluding hydrogens is 351 g/mol. The van der Waals surface area contributed by atoms with Gasteiger partial charge in [-0.25, -0.2) is 13.6 Å². The van der Waals surface area contributed by atoms with E-state index in [1.807, 2.05) is 0 Å². The number of halogens is 4. The van der Waals surface area contributed by atoms with Gasteiger partial charge in [-0.15, -0.1) is 0 Å². The predicted octanol–water partition coefficient (Wildman–Crippen LogP) is 4.07. The normalized spacial score (nSPS) is 10.3. The lowest BCUT2D eigenvalue weighted by Crippen LogP contribution is -2.21. The lowest BCUT2D eigenvalue weighted by molar-refractivity contribution is -0.119. The molecule has 0 heterocycles. The van der Waals surface area contributed by atoms with Crippen LogP contribution in [0, 0.1) is 11.6 Å². The Hall–Kier alpha value is -2.18. The van der Waals surface area contributed by atoms with Crippen LogP contribution in [0.25, 0.3) is 0 Å². The average Bonchev–Trinajstić information content (AvgIpc) is 2.51. The smallest absolute Gasteiger partial charge is 0.338 e. The van der Waals surface area contributed by atoms with Gasteiger partial charge in [-0.05, 0) is 30.3 Å². The van der Waals surface area contributed by atoms with Gasteiger partial charge in [0.1, 0.15) is 0 Å². The topological polar surface area (TPSA) is 55.4 Å². The number of rotatable bonds is 4. The number of esters is 1. The standard InChI is InChI=1S/C15H9Cl2F2NO3/c16-10-3-1-8(5-11(10)17)15(22)23-7-14(21)20-9-2-4-12(18)13(19)6-9/h1-6H,7H2,(H,20,21). The zero-order valence-electron chi connectivity index (χ0n) is 11.4. The summed E-state index contributed by atoms with van der Waals surface area (Å²) in [7, 11) is 0. The first kappa shape index (κ1) is 17.2. The van der Waals surface area contributed by atoms with Crippen molar-refractivity contribution in [3.8, 4) is 0 Å². The van der Waals surface area contributed by atoms with Crippen molar-refractivity contribution in [1.29, 1.82) is 0 Å². The molecule has 0 aromatic heterocycles. The summed E-state index contributed by atoms with van der Waals surface area (Å²) in [5.74, 6) is -3.61. The van der Waals surface area contributed by atoms with Gasteiger partial charge in [0.25, 0.3) is 5.91 Å². The van der Waals surface area contributed by atoms with E-state index in [1.165, 1.54) is 24.3 Å². The van der Waals surface area contributed by atoms with E-state index < -0.39 is 30.1 Å². The van der Waals surface area contributed by atoms with Gasteiger partial charge in [-0.2, -0.15) is 0 Å².